The normalized spacial score (nSPS) is 45.6. The van der Waals surface area contributed by atoms with Gasteiger partial charge < -0.3 is 0 Å². The van der Waals surface area contributed by atoms with Crippen LogP contribution in [0.4, 0.5) is 0 Å². The second-order valence-electron chi connectivity index (χ2n) is 9.04. The van der Waals surface area contributed by atoms with E-state index in [0.29, 0.717) is 16.7 Å². The maximum atomic E-state index is 4.74. The van der Waals surface area contributed by atoms with Crippen molar-refractivity contribution in [2.45, 2.75) is 73.1 Å². The first-order chi connectivity index (χ1) is 9.81. The molecule has 0 heteroatoms. The van der Waals surface area contributed by atoms with Crippen molar-refractivity contribution in [2.75, 3.05) is 0 Å². The van der Waals surface area contributed by atoms with Gasteiger partial charge in [-0.3, -0.25) is 0 Å². The first-order valence-corrected chi connectivity index (χ1v) is 9.20. The minimum atomic E-state index is 0.363. The van der Waals surface area contributed by atoms with Crippen molar-refractivity contribution in [3.63, 3.8) is 0 Å². The van der Waals surface area contributed by atoms with Crippen molar-refractivity contribution in [1.82, 2.24) is 0 Å². The molecule has 21 heavy (non-hydrogen) atoms. The molecular weight excluding hydrogens is 252 g/mol. The summed E-state index contributed by atoms with van der Waals surface area (Å²) in [6.07, 6.45) is 10.8. The van der Waals surface area contributed by atoms with Gasteiger partial charge in [0.2, 0.25) is 0 Å². The van der Waals surface area contributed by atoms with Crippen LogP contribution in [-0.4, -0.2) is 0 Å². The van der Waals surface area contributed by atoms with Crippen LogP contribution >= 0.6 is 0 Å². The van der Waals surface area contributed by atoms with E-state index in [9.17, 15) is 0 Å². The number of hydrogen-bond acceptors (Lipinski definition) is 0. The molecular formula is C21H34. The summed E-state index contributed by atoms with van der Waals surface area (Å²) in [7, 11) is 0. The number of allylic oxidation sites excluding steroid dienone is 3. The quantitative estimate of drug-likeness (QED) is 0.490. The molecule has 2 saturated carbocycles. The summed E-state index contributed by atoms with van der Waals surface area (Å²) in [5.41, 5.74) is 4.14. The predicted molar refractivity (Wildman–Crippen MR) is 92.1 cm³/mol. The number of hydrogen-bond donors (Lipinski definition) is 0. The molecule has 2 fully saturated rings. The maximum Gasteiger partial charge on any atom is 0.00362 e. The van der Waals surface area contributed by atoms with Crippen molar-refractivity contribution < 1.29 is 0 Å². The van der Waals surface area contributed by atoms with Crippen molar-refractivity contribution in [3.8, 4) is 0 Å². The summed E-state index contributed by atoms with van der Waals surface area (Å²) >= 11 is 0. The lowest BCUT2D eigenvalue weighted by Crippen LogP contribution is -2.33. The van der Waals surface area contributed by atoms with E-state index in [1.807, 2.05) is 0 Å². The standard InChI is InChI=1S/C21H34/c1-7-17-11-18-10-14(2)13-21(18)9-8-15(3)20(5,6)19(12-17)16(21)4/h12,14-15,18-19H,4,7-11,13H2,1-3,5-6H3. The molecule has 0 amide bonds. The topological polar surface area (TPSA) is 0 Å². The van der Waals surface area contributed by atoms with E-state index in [0.717, 1.165) is 17.8 Å². The van der Waals surface area contributed by atoms with Gasteiger partial charge in [-0.15, -0.1) is 0 Å². The lowest BCUT2D eigenvalue weighted by molar-refractivity contribution is 0.182. The van der Waals surface area contributed by atoms with Crippen LogP contribution in [0, 0.1) is 34.5 Å². The molecule has 5 atom stereocenters. The van der Waals surface area contributed by atoms with Gasteiger partial charge in [-0.2, -0.15) is 0 Å². The summed E-state index contributed by atoms with van der Waals surface area (Å²) in [6.45, 7) is 17.0. The summed E-state index contributed by atoms with van der Waals surface area (Å²) in [5, 5.41) is 0. The third-order valence-electron chi connectivity index (χ3n) is 7.66. The third-order valence-corrected chi connectivity index (χ3v) is 7.66. The van der Waals surface area contributed by atoms with Crippen molar-refractivity contribution in [2.24, 2.45) is 34.5 Å². The maximum absolute atomic E-state index is 4.74. The summed E-state index contributed by atoms with van der Waals surface area (Å²) in [5.74, 6) is 3.15. The van der Waals surface area contributed by atoms with E-state index in [4.69, 9.17) is 6.58 Å². The van der Waals surface area contributed by atoms with E-state index >= 15 is 0 Å². The Hall–Kier alpha value is -0.520. The zero-order chi connectivity index (χ0) is 15.4. The highest BCUT2D eigenvalue weighted by atomic mass is 14.6. The van der Waals surface area contributed by atoms with Gasteiger partial charge in [0.25, 0.3) is 0 Å². The molecule has 0 nitrogen and oxygen atoms in total. The molecule has 0 aromatic carbocycles. The van der Waals surface area contributed by atoms with Crippen LogP contribution in [0.25, 0.3) is 0 Å². The fourth-order valence-electron chi connectivity index (χ4n) is 5.83. The minimum absolute atomic E-state index is 0.363. The molecule has 1 spiro atoms. The largest absolute Gasteiger partial charge is 0.0987 e. The molecule has 0 aromatic rings. The van der Waals surface area contributed by atoms with Gasteiger partial charge in [0.1, 0.15) is 0 Å². The van der Waals surface area contributed by atoms with Crippen molar-refractivity contribution in [1.29, 1.82) is 0 Å². The molecule has 0 saturated heterocycles. The Morgan fingerprint density at radius 3 is 2.67 bits per heavy atom. The Morgan fingerprint density at radius 2 is 2.00 bits per heavy atom. The second kappa shape index (κ2) is 5.00. The van der Waals surface area contributed by atoms with Crippen LogP contribution in [0.3, 0.4) is 0 Å². The molecule has 0 radical (unpaired) electrons. The van der Waals surface area contributed by atoms with E-state index in [1.54, 1.807) is 11.1 Å². The first kappa shape index (κ1) is 15.4. The summed E-state index contributed by atoms with van der Waals surface area (Å²) in [4.78, 5) is 0. The number of fused-ring (bicyclic) bond motifs is 1. The molecule has 3 aliphatic carbocycles. The molecule has 0 aromatic heterocycles. The van der Waals surface area contributed by atoms with Gasteiger partial charge in [0, 0.05) is 5.92 Å². The molecule has 3 aliphatic rings. The molecule has 3 rings (SSSR count). The van der Waals surface area contributed by atoms with Crippen LogP contribution in [0.5, 0.6) is 0 Å². The average molecular weight is 287 g/mol. The Balaban J connectivity index is 2.13. The van der Waals surface area contributed by atoms with Crippen LogP contribution in [0.2, 0.25) is 0 Å². The fraction of sp³-hybridized carbons (Fsp3) is 0.810. The minimum Gasteiger partial charge on any atom is -0.0987 e. The van der Waals surface area contributed by atoms with Gasteiger partial charge >= 0.3 is 0 Å². The smallest absolute Gasteiger partial charge is 0.00362 e. The zero-order valence-electron chi connectivity index (χ0n) is 14.8. The molecule has 0 aliphatic heterocycles. The highest BCUT2D eigenvalue weighted by Gasteiger charge is 2.54. The molecule has 118 valence electrons. The van der Waals surface area contributed by atoms with E-state index < -0.39 is 0 Å². The lowest BCUT2D eigenvalue weighted by Gasteiger charge is -2.41. The van der Waals surface area contributed by atoms with Crippen LogP contribution in [0.1, 0.15) is 73.1 Å². The van der Waals surface area contributed by atoms with E-state index in [1.165, 1.54) is 38.5 Å². The molecule has 0 N–H and O–H groups in total. The molecule has 0 heterocycles. The zero-order valence-corrected chi connectivity index (χ0v) is 14.8. The second-order valence-corrected chi connectivity index (χ2v) is 9.04. The monoisotopic (exact) mass is 286 g/mol. The first-order valence-electron chi connectivity index (χ1n) is 9.20. The van der Waals surface area contributed by atoms with Gasteiger partial charge in [-0.1, -0.05) is 58.4 Å². The SMILES string of the molecule is C=C1C2C=C(CC)CC3CC(C)CC13CCC(C)C2(C)C. The molecule has 5 unspecified atom stereocenters. The van der Waals surface area contributed by atoms with Crippen LogP contribution < -0.4 is 0 Å². The molecule has 2 bridgehead atoms. The van der Waals surface area contributed by atoms with Gasteiger partial charge in [0.15, 0.2) is 0 Å². The van der Waals surface area contributed by atoms with Gasteiger partial charge in [-0.05, 0) is 67.1 Å². The van der Waals surface area contributed by atoms with E-state index in [2.05, 4.69) is 40.7 Å². The summed E-state index contributed by atoms with van der Waals surface area (Å²) < 4.78 is 0. The van der Waals surface area contributed by atoms with Crippen molar-refractivity contribution >= 4 is 0 Å². The Morgan fingerprint density at radius 1 is 1.29 bits per heavy atom. The third kappa shape index (κ3) is 2.16. The average Bonchev–Trinajstić information content (AvgIpc) is 2.67. The summed E-state index contributed by atoms with van der Waals surface area (Å²) in [6, 6.07) is 0. The van der Waals surface area contributed by atoms with Crippen LogP contribution in [-0.2, 0) is 0 Å². The Labute approximate surface area is 132 Å². The number of rotatable bonds is 1. The Kier molecular flexibility index (Phi) is 3.66. The van der Waals surface area contributed by atoms with Crippen molar-refractivity contribution in [3.05, 3.63) is 23.8 Å². The van der Waals surface area contributed by atoms with Crippen LogP contribution in [0.15, 0.2) is 23.8 Å². The van der Waals surface area contributed by atoms with Gasteiger partial charge in [0.05, 0.1) is 0 Å². The highest BCUT2D eigenvalue weighted by molar-refractivity contribution is 5.32. The fourth-order valence-corrected chi connectivity index (χ4v) is 5.83. The lowest BCUT2D eigenvalue weighted by atomic mass is 9.63. The highest BCUT2D eigenvalue weighted by Crippen LogP contribution is 2.64. The Bertz CT molecular complexity index is 466. The van der Waals surface area contributed by atoms with E-state index in [-0.39, 0.29) is 0 Å². The van der Waals surface area contributed by atoms with Gasteiger partial charge in [-0.25, -0.2) is 0 Å². The predicted octanol–water partition coefficient (Wildman–Crippen LogP) is 6.39.